The van der Waals surface area contributed by atoms with E-state index in [2.05, 4.69) is 22.2 Å². The van der Waals surface area contributed by atoms with Crippen molar-refractivity contribution in [2.24, 2.45) is 0 Å². The molecule has 2 rings (SSSR count). The number of nitrogens with zero attached hydrogens (tertiary/aromatic N) is 2. The zero-order valence-corrected chi connectivity index (χ0v) is 18.4. The Morgan fingerprint density at radius 1 is 1.06 bits per heavy atom. The molecule has 0 saturated heterocycles. The summed E-state index contributed by atoms with van der Waals surface area (Å²) in [6.07, 6.45) is 5.01. The largest absolute Gasteiger partial charge is 0.504 e. The van der Waals surface area contributed by atoms with Crippen LogP contribution < -0.4 is 10.1 Å². The molecule has 0 aliphatic rings. The van der Waals surface area contributed by atoms with Gasteiger partial charge in [0, 0.05) is 6.42 Å². The lowest BCUT2D eigenvalue weighted by Crippen LogP contribution is -2.31. The number of esters is 1. The Bertz CT molecular complexity index is 868. The SMILES string of the molecule is CCCCCCOc1ccc(Cc2nc(C)c(O)c(C(=O)NCC(=O)OCC)n2)cc1. The molecule has 1 heterocycles. The number of amides is 1. The van der Waals surface area contributed by atoms with Gasteiger partial charge in [-0.2, -0.15) is 0 Å². The molecule has 1 aromatic heterocycles. The molecule has 2 N–H and O–H groups in total. The number of hydrogen-bond acceptors (Lipinski definition) is 7. The maximum absolute atomic E-state index is 12.4. The number of carbonyl (C=O) groups excluding carboxylic acids is 2. The lowest BCUT2D eigenvalue weighted by molar-refractivity contribution is -0.141. The highest BCUT2D eigenvalue weighted by Crippen LogP contribution is 2.20. The van der Waals surface area contributed by atoms with Gasteiger partial charge < -0.3 is 19.9 Å². The van der Waals surface area contributed by atoms with Crippen molar-refractivity contribution in [2.75, 3.05) is 19.8 Å². The van der Waals surface area contributed by atoms with E-state index in [1.807, 2.05) is 24.3 Å². The molecule has 8 heteroatoms. The maximum atomic E-state index is 12.4. The van der Waals surface area contributed by atoms with Crippen LogP contribution in [0.4, 0.5) is 0 Å². The van der Waals surface area contributed by atoms with Crippen molar-refractivity contribution in [3.63, 3.8) is 0 Å². The first-order chi connectivity index (χ1) is 14.9. The summed E-state index contributed by atoms with van der Waals surface area (Å²) in [6.45, 7) is 6.07. The number of aryl methyl sites for hydroxylation is 1. The lowest BCUT2D eigenvalue weighted by atomic mass is 10.1. The fourth-order valence-corrected chi connectivity index (χ4v) is 2.92. The Kier molecular flexibility index (Phi) is 9.74. The Morgan fingerprint density at radius 3 is 2.48 bits per heavy atom. The minimum absolute atomic E-state index is 0.168. The van der Waals surface area contributed by atoms with E-state index in [0.717, 1.165) is 17.7 Å². The minimum Gasteiger partial charge on any atom is -0.504 e. The van der Waals surface area contributed by atoms with Crippen LogP contribution in [0, 0.1) is 6.92 Å². The van der Waals surface area contributed by atoms with Crippen molar-refractivity contribution >= 4 is 11.9 Å². The fourth-order valence-electron chi connectivity index (χ4n) is 2.92. The highest BCUT2D eigenvalue weighted by atomic mass is 16.5. The molecule has 0 saturated carbocycles. The van der Waals surface area contributed by atoms with Gasteiger partial charge in [0.1, 0.15) is 18.1 Å². The molecular weight excluding hydrogens is 398 g/mol. The molecule has 1 amide bonds. The predicted octanol–water partition coefficient (Wildman–Crippen LogP) is 3.33. The number of aromatic nitrogens is 2. The number of ether oxygens (including phenoxy) is 2. The highest BCUT2D eigenvalue weighted by molar-refractivity contribution is 5.96. The number of benzene rings is 1. The van der Waals surface area contributed by atoms with Crippen LogP contribution >= 0.6 is 0 Å². The molecule has 0 unspecified atom stereocenters. The first-order valence-electron chi connectivity index (χ1n) is 10.7. The van der Waals surface area contributed by atoms with Crippen molar-refractivity contribution in [3.05, 3.63) is 47.0 Å². The van der Waals surface area contributed by atoms with Crippen molar-refractivity contribution in [2.45, 2.75) is 52.9 Å². The molecule has 8 nitrogen and oxygen atoms in total. The van der Waals surface area contributed by atoms with Gasteiger partial charge in [-0.3, -0.25) is 9.59 Å². The second kappa shape index (κ2) is 12.5. The number of carbonyl (C=O) groups is 2. The second-order valence-corrected chi connectivity index (χ2v) is 7.14. The summed E-state index contributed by atoms with van der Waals surface area (Å²) >= 11 is 0. The molecule has 0 radical (unpaired) electrons. The lowest BCUT2D eigenvalue weighted by Gasteiger charge is -2.10. The van der Waals surface area contributed by atoms with Gasteiger partial charge in [-0.05, 0) is 38.0 Å². The number of rotatable bonds is 12. The summed E-state index contributed by atoms with van der Waals surface area (Å²) in [7, 11) is 0. The number of unbranched alkanes of at least 4 members (excludes halogenated alkanes) is 3. The van der Waals surface area contributed by atoms with E-state index in [0.29, 0.717) is 24.5 Å². The van der Waals surface area contributed by atoms with E-state index in [9.17, 15) is 14.7 Å². The third kappa shape index (κ3) is 7.88. The first-order valence-corrected chi connectivity index (χ1v) is 10.7. The molecule has 0 aliphatic heterocycles. The van der Waals surface area contributed by atoms with Gasteiger partial charge in [0.25, 0.3) is 5.91 Å². The highest BCUT2D eigenvalue weighted by Gasteiger charge is 2.19. The Hall–Kier alpha value is -3.16. The zero-order valence-electron chi connectivity index (χ0n) is 18.4. The third-order valence-electron chi connectivity index (χ3n) is 4.57. The average molecular weight is 430 g/mol. The fraction of sp³-hybridized carbons (Fsp3) is 0.478. The van der Waals surface area contributed by atoms with Gasteiger partial charge in [-0.25, -0.2) is 9.97 Å². The molecule has 0 aliphatic carbocycles. The quantitative estimate of drug-likeness (QED) is 0.393. The van der Waals surface area contributed by atoms with Crippen LogP contribution in [0.1, 0.15) is 67.1 Å². The van der Waals surface area contributed by atoms with Crippen LogP contribution in [-0.2, 0) is 16.0 Å². The van der Waals surface area contributed by atoms with E-state index < -0.39 is 11.9 Å². The Labute approximate surface area is 183 Å². The zero-order chi connectivity index (χ0) is 22.6. The number of hydrogen-bond donors (Lipinski definition) is 2. The summed E-state index contributed by atoms with van der Waals surface area (Å²) in [5.41, 5.74) is 1.07. The van der Waals surface area contributed by atoms with Crippen LogP contribution in [0.15, 0.2) is 24.3 Å². The van der Waals surface area contributed by atoms with Crippen LogP contribution in [0.5, 0.6) is 11.5 Å². The van der Waals surface area contributed by atoms with Crippen molar-refractivity contribution < 1.29 is 24.2 Å². The molecule has 0 spiro atoms. The standard InChI is InChI=1S/C23H31N3O5/c1-4-6-7-8-13-31-18-11-9-17(10-12-18)14-19-25-16(3)22(28)21(26-19)23(29)24-15-20(27)30-5-2/h9-12,28H,4-8,13-15H2,1-3H3,(H,24,29). The summed E-state index contributed by atoms with van der Waals surface area (Å²) in [5.74, 6) is -0.332. The minimum atomic E-state index is -0.663. The number of aromatic hydroxyl groups is 1. The van der Waals surface area contributed by atoms with Crippen LogP contribution in [0.2, 0.25) is 0 Å². The van der Waals surface area contributed by atoms with Gasteiger partial charge in [-0.15, -0.1) is 0 Å². The van der Waals surface area contributed by atoms with Crippen LogP contribution in [0.3, 0.4) is 0 Å². The number of nitrogens with one attached hydrogen (secondary N) is 1. The Balaban J connectivity index is 2.00. The smallest absolute Gasteiger partial charge is 0.325 e. The molecule has 0 fully saturated rings. The van der Waals surface area contributed by atoms with E-state index in [4.69, 9.17) is 9.47 Å². The summed E-state index contributed by atoms with van der Waals surface area (Å²) in [6, 6.07) is 7.64. The average Bonchev–Trinajstić information content (AvgIpc) is 2.75. The monoisotopic (exact) mass is 429 g/mol. The van der Waals surface area contributed by atoms with Gasteiger partial charge >= 0.3 is 5.97 Å². The van der Waals surface area contributed by atoms with Crippen molar-refractivity contribution in [3.8, 4) is 11.5 Å². The van der Waals surface area contributed by atoms with Crippen LogP contribution in [0.25, 0.3) is 0 Å². The topological polar surface area (TPSA) is 111 Å². The molecule has 31 heavy (non-hydrogen) atoms. The van der Waals surface area contributed by atoms with Crippen LogP contribution in [-0.4, -0.2) is 46.7 Å². The molecule has 2 aromatic rings. The van der Waals surface area contributed by atoms with Crippen molar-refractivity contribution in [1.82, 2.24) is 15.3 Å². The first kappa shape index (κ1) is 24.1. The maximum Gasteiger partial charge on any atom is 0.325 e. The summed E-state index contributed by atoms with van der Waals surface area (Å²) < 4.78 is 10.5. The molecule has 168 valence electrons. The van der Waals surface area contributed by atoms with E-state index in [1.54, 1.807) is 13.8 Å². The van der Waals surface area contributed by atoms with Crippen molar-refractivity contribution in [1.29, 1.82) is 0 Å². The van der Waals surface area contributed by atoms with Gasteiger partial charge in [0.2, 0.25) is 0 Å². The molecule has 1 aromatic carbocycles. The van der Waals surface area contributed by atoms with Gasteiger partial charge in [-0.1, -0.05) is 38.3 Å². The normalized spacial score (nSPS) is 10.5. The molecular formula is C23H31N3O5. The second-order valence-electron chi connectivity index (χ2n) is 7.14. The third-order valence-corrected chi connectivity index (χ3v) is 4.57. The molecule has 0 bridgehead atoms. The summed E-state index contributed by atoms with van der Waals surface area (Å²) in [4.78, 5) is 32.3. The van der Waals surface area contributed by atoms with Gasteiger partial charge in [0.15, 0.2) is 11.4 Å². The van der Waals surface area contributed by atoms with E-state index in [-0.39, 0.29) is 24.6 Å². The Morgan fingerprint density at radius 2 is 1.81 bits per heavy atom. The predicted molar refractivity (Wildman–Crippen MR) is 116 cm³/mol. The van der Waals surface area contributed by atoms with E-state index >= 15 is 0 Å². The van der Waals surface area contributed by atoms with Gasteiger partial charge in [0.05, 0.1) is 18.9 Å². The molecule has 0 atom stereocenters. The van der Waals surface area contributed by atoms with E-state index in [1.165, 1.54) is 19.3 Å². The summed E-state index contributed by atoms with van der Waals surface area (Å²) in [5, 5.41) is 12.6.